The average Bonchev–Trinajstić information content (AvgIpc) is 3.32. The van der Waals surface area contributed by atoms with Crippen molar-refractivity contribution in [1.29, 1.82) is 1.45 Å². The Morgan fingerprint density at radius 3 is 0.435 bits per heavy atom. The van der Waals surface area contributed by atoms with Gasteiger partial charge >= 0.3 is 17.1 Å². The Labute approximate surface area is 429 Å². The number of aromatic nitrogens is 8. The molecule has 12 rings (SSSR count). The molecule has 0 N–H and O–H groups in total. The summed E-state index contributed by atoms with van der Waals surface area (Å²) in [5.74, 6) is 0. The Bertz CT molecular complexity index is 3030. The molecule has 4 aromatic carbocycles. The predicted octanol–water partition coefficient (Wildman–Crippen LogP) is 13.2. The van der Waals surface area contributed by atoms with Crippen molar-refractivity contribution in [3.63, 3.8) is 0 Å². The molecule has 0 aliphatic heterocycles. The fraction of sp³-hybridized carbons (Fsp3) is 0.158. The maximum Gasteiger partial charge on any atom is 1.00 e. The molecular weight excluding hydrogens is 971 g/mol. The Kier molecular flexibility index (Phi) is 18.2. The van der Waals surface area contributed by atoms with E-state index >= 15 is 0 Å². The first kappa shape index (κ1) is 53.3. The molecule has 8 nitrogen and oxygen atoms in total. The number of nitrogens with zero attached hydrogens (tertiary/aromatic N) is 8. The first-order valence-corrected chi connectivity index (χ1v) is 21.5. The molecule has 0 aliphatic carbocycles. The van der Waals surface area contributed by atoms with E-state index in [-0.39, 0.29) is 52.5 Å². The van der Waals surface area contributed by atoms with E-state index in [2.05, 4.69) is 138 Å². The summed E-state index contributed by atoms with van der Waals surface area (Å²) in [6.45, 7) is 16.1. The summed E-state index contributed by atoms with van der Waals surface area (Å²) in [7, 11) is 0. The van der Waals surface area contributed by atoms with Gasteiger partial charge in [-0.1, -0.05) is 104 Å². The van der Waals surface area contributed by atoms with Crippen LogP contribution in [-0.4, -0.2) is 52.3 Å². The Morgan fingerprint density at radius 1 is 0.246 bits per heavy atom. The Hall–Kier alpha value is -6.65. The molecule has 8 heterocycles. The molecule has 0 spiro atoms. The van der Waals surface area contributed by atoms with Crippen molar-refractivity contribution in [2.45, 2.75) is 62.8 Å². The number of benzene rings is 4. The second kappa shape index (κ2) is 23.6. The molecule has 0 amide bonds. The Morgan fingerprint density at radius 2 is 0.333 bits per heavy atom. The predicted molar refractivity (Wildman–Crippen MR) is 285 cm³/mol. The van der Waals surface area contributed by atoms with Crippen LogP contribution in [0.2, 0.25) is 0 Å². The van der Waals surface area contributed by atoms with E-state index in [9.17, 15) is 0 Å². The molecule has 0 unspecified atom stereocenters. The third-order valence-electron chi connectivity index (χ3n) is 11.2. The van der Waals surface area contributed by atoms with Crippen LogP contribution in [0, 0.1) is 55.4 Å². The van der Waals surface area contributed by atoms with Crippen molar-refractivity contribution >= 4 is 98.2 Å². The van der Waals surface area contributed by atoms with E-state index in [1.807, 2.05) is 104 Å². The first-order valence-electron chi connectivity index (χ1n) is 21.9. The zero-order chi connectivity index (χ0) is 46.5. The molecule has 12 aromatic rings. The molecule has 0 saturated heterocycles. The number of aryl methyl sites for hydroxylation is 8. The van der Waals surface area contributed by atoms with Gasteiger partial charge in [0.1, 0.15) is 0 Å². The smallest absolute Gasteiger partial charge is 0.314 e. The third kappa shape index (κ3) is 12.2. The van der Waals surface area contributed by atoms with Crippen molar-refractivity contribution in [2.24, 2.45) is 0 Å². The summed E-state index contributed by atoms with van der Waals surface area (Å²) in [6, 6.07) is 49.8. The van der Waals surface area contributed by atoms with Crippen molar-refractivity contribution in [2.75, 3.05) is 0 Å². The van der Waals surface area contributed by atoms with Crippen LogP contribution >= 0.6 is 0 Å². The monoisotopic (exact) mass is 1030 g/mol. The zero-order valence-corrected chi connectivity index (χ0v) is 43.3. The molecule has 0 bridgehead atoms. The van der Waals surface area contributed by atoms with Gasteiger partial charge < -0.3 is 11.0 Å². The standard InChI is InChI=1S/4C14H12N2.CH4.2Cu.FH.H3Si/c4*1-9-3-5-11-7-8-12-6-4-10(2)16-14(12)13(11)15-9;;;;;/h4*3-8H,1-2H3;1H4;;;1H;1H3/q;;;;;;+1;;-1/i/hT. The van der Waals surface area contributed by atoms with E-state index in [1.54, 1.807) is 0 Å². The van der Waals surface area contributed by atoms with E-state index in [0.29, 0.717) is 0 Å². The summed E-state index contributed by atoms with van der Waals surface area (Å²) < 4.78 is 13.0. The minimum atomic E-state index is 0. The minimum Gasteiger partial charge on any atom is -0.314 e. The quantitative estimate of drug-likeness (QED) is 0.109. The number of rotatable bonds is 0. The maximum absolute atomic E-state index is 8.75. The van der Waals surface area contributed by atoms with Gasteiger partial charge in [0.15, 0.2) is 0 Å². The average molecular weight is 1030 g/mol. The van der Waals surface area contributed by atoms with Crippen molar-refractivity contribution in [3.8, 4) is 0 Å². The van der Waals surface area contributed by atoms with Gasteiger partial charge in [0.05, 0.1) is 44.1 Å². The van der Waals surface area contributed by atoms with Gasteiger partial charge in [0.25, 0.3) is 1.45 Å². The number of fused-ring (bicyclic) bond motifs is 12. The maximum atomic E-state index is 8.75. The number of hydrogen-bond donors (Lipinski definition) is 0. The van der Waals surface area contributed by atoms with Gasteiger partial charge in [-0.2, -0.15) is 0 Å². The van der Waals surface area contributed by atoms with Gasteiger partial charge in [-0.15, -0.1) is 0 Å². The largest absolute Gasteiger partial charge is 1.00 e. The van der Waals surface area contributed by atoms with Crippen molar-refractivity contribution < 1.29 is 38.9 Å². The molecule has 1 radical (unpaired) electrons. The van der Waals surface area contributed by atoms with Crippen LogP contribution in [0.15, 0.2) is 146 Å². The van der Waals surface area contributed by atoms with Crippen molar-refractivity contribution in [1.82, 2.24) is 39.9 Å². The zero-order valence-electron chi connectivity index (χ0n) is 40.4. The molecule has 357 valence electrons. The van der Waals surface area contributed by atoms with Crippen LogP contribution in [0.25, 0.3) is 87.2 Å². The summed E-state index contributed by atoms with van der Waals surface area (Å²) in [6.07, 6.45) is 0. The molecule has 69 heavy (non-hydrogen) atoms. The first-order chi connectivity index (χ1) is 31.9. The van der Waals surface area contributed by atoms with E-state index in [0.717, 1.165) is 133 Å². The number of halogens is 1. The molecule has 0 saturated carbocycles. The fourth-order valence-electron chi connectivity index (χ4n) is 7.85. The molecular formula is C57H56Cu2FN8Si. The van der Waals surface area contributed by atoms with Gasteiger partial charge in [0.2, 0.25) is 0 Å². The van der Waals surface area contributed by atoms with Gasteiger partial charge in [-0.3, -0.25) is 44.6 Å². The number of pyridine rings is 8. The summed E-state index contributed by atoms with van der Waals surface area (Å²) in [5.41, 5.74) is 16.3. The van der Waals surface area contributed by atoms with Crippen LogP contribution in [0.1, 0.15) is 53.0 Å². The minimum absolute atomic E-state index is 0. The fourth-order valence-corrected chi connectivity index (χ4v) is 7.85. The molecule has 0 aliphatic rings. The van der Waals surface area contributed by atoms with Crippen LogP contribution in [0.5, 0.6) is 0 Å². The van der Waals surface area contributed by atoms with Crippen LogP contribution < -0.4 is 0 Å². The summed E-state index contributed by atoms with van der Waals surface area (Å²) >= 11 is 0. The second-order valence-corrected chi connectivity index (χ2v) is 16.5. The van der Waals surface area contributed by atoms with Crippen molar-refractivity contribution in [3.05, 3.63) is 191 Å². The second-order valence-electron chi connectivity index (χ2n) is 16.5. The summed E-state index contributed by atoms with van der Waals surface area (Å²) in [5, 5.41) is 9.19. The number of hydrogen-bond acceptors (Lipinski definition) is 8. The van der Waals surface area contributed by atoms with Crippen LogP contribution in [-0.2, 0) is 34.1 Å². The SMILES string of the molecule is C.Cc1ccc2ccc3ccc(C)nc3c2n1.Cc1ccc2ccc3ccc(C)nc3c2n1.Cc1ccc2ccc3ccc(C)nc3c2n1.Cc1ccc2ccc3ccc(C)nc3c2n1.[3H]F.[Cu+].[Cu].[SiH3-]. The van der Waals surface area contributed by atoms with Gasteiger partial charge in [0, 0.05) is 106 Å². The molecule has 8 aromatic heterocycles. The van der Waals surface area contributed by atoms with E-state index in [1.165, 1.54) is 0 Å². The van der Waals surface area contributed by atoms with Gasteiger partial charge in [-0.05, 0) is 104 Å². The van der Waals surface area contributed by atoms with E-state index < -0.39 is 0 Å². The third-order valence-corrected chi connectivity index (χ3v) is 11.2. The van der Waals surface area contributed by atoms with Gasteiger partial charge in [-0.25, -0.2) is 0 Å². The topological polar surface area (TPSA) is 103 Å². The summed E-state index contributed by atoms with van der Waals surface area (Å²) in [4.78, 5) is 36.7. The van der Waals surface area contributed by atoms with E-state index in [4.69, 9.17) is 4.72 Å². The molecule has 12 heteroatoms. The normalized spacial score (nSPS) is 10.4. The Balaban J connectivity index is 0.000000197. The van der Waals surface area contributed by atoms with Crippen LogP contribution in [0.3, 0.4) is 0 Å². The van der Waals surface area contributed by atoms with Crippen LogP contribution in [0.4, 0.5) is 4.72 Å². The molecule has 0 fully saturated rings. The molecule has 0 atom stereocenters.